The molecule has 6 heteroatoms. The van der Waals surface area contributed by atoms with E-state index in [2.05, 4.69) is 21.2 Å². The van der Waals surface area contributed by atoms with Crippen molar-refractivity contribution >= 4 is 33.4 Å². The molecule has 0 spiro atoms. The lowest BCUT2D eigenvalue weighted by Gasteiger charge is -2.25. The molecule has 1 atom stereocenters. The van der Waals surface area contributed by atoms with E-state index in [1.807, 2.05) is 60.7 Å². The lowest BCUT2D eigenvalue weighted by Crippen LogP contribution is -2.48. The van der Waals surface area contributed by atoms with E-state index in [9.17, 15) is 9.59 Å². The number of rotatable bonds is 5. The predicted octanol–water partition coefficient (Wildman–Crippen LogP) is 4.35. The molecular weight excluding hydrogens is 444 g/mol. The number of carbonyl (C=O) groups excluding carboxylic acids is 2. The van der Waals surface area contributed by atoms with E-state index >= 15 is 0 Å². The Morgan fingerprint density at radius 2 is 1.80 bits per heavy atom. The number of nitrogens with zero attached hydrogens (tertiary/aromatic N) is 1. The van der Waals surface area contributed by atoms with Gasteiger partial charge in [-0.05, 0) is 42.0 Å². The number of hydrogen-bond acceptors (Lipinski definition) is 3. The summed E-state index contributed by atoms with van der Waals surface area (Å²) in [6.45, 7) is 0.307. The van der Waals surface area contributed by atoms with Crippen LogP contribution in [0.5, 0.6) is 5.75 Å². The first kappa shape index (κ1) is 20.2. The molecule has 1 unspecified atom stereocenters. The molecule has 1 N–H and O–H groups in total. The number of hydrogen-bond donors (Lipinski definition) is 1. The third-order valence-electron chi connectivity index (χ3n) is 5.21. The molecule has 0 aliphatic carbocycles. The lowest BCUT2D eigenvalue weighted by atomic mass is 10.1. The van der Waals surface area contributed by atoms with Crippen molar-refractivity contribution in [1.82, 2.24) is 5.32 Å². The van der Waals surface area contributed by atoms with Crippen LogP contribution < -0.4 is 15.0 Å². The minimum atomic E-state index is -0.603. The second kappa shape index (κ2) is 8.71. The van der Waals surface area contributed by atoms with Gasteiger partial charge >= 0.3 is 0 Å². The Hall–Kier alpha value is -3.12. The zero-order valence-corrected chi connectivity index (χ0v) is 18.1. The van der Waals surface area contributed by atoms with Gasteiger partial charge in [0, 0.05) is 34.3 Å². The highest BCUT2D eigenvalue weighted by molar-refractivity contribution is 9.10. The summed E-state index contributed by atoms with van der Waals surface area (Å²) in [6.07, 6.45) is 0.482. The fourth-order valence-corrected chi connectivity index (χ4v) is 4.16. The van der Waals surface area contributed by atoms with Crippen LogP contribution in [0.4, 0.5) is 5.69 Å². The quantitative estimate of drug-likeness (QED) is 0.610. The largest absolute Gasteiger partial charge is 0.496 e. The van der Waals surface area contributed by atoms with E-state index in [4.69, 9.17) is 4.74 Å². The molecule has 1 aliphatic heterocycles. The van der Waals surface area contributed by atoms with Crippen molar-refractivity contribution in [3.8, 4) is 5.75 Å². The maximum Gasteiger partial charge on any atom is 0.259 e. The molecular formula is C24H21BrN2O3. The summed E-state index contributed by atoms with van der Waals surface area (Å²) >= 11 is 3.45. The SMILES string of the molecule is COc1ccc(Br)cc1CNC(=O)C1Cc2ccccc2N1C(=O)c1ccccc1. The van der Waals surface area contributed by atoms with Crippen molar-refractivity contribution in [3.63, 3.8) is 0 Å². The molecule has 0 saturated carbocycles. The third kappa shape index (κ3) is 3.96. The Balaban J connectivity index is 1.58. The van der Waals surface area contributed by atoms with Crippen LogP contribution in [-0.2, 0) is 17.8 Å². The number of para-hydroxylation sites is 1. The monoisotopic (exact) mass is 464 g/mol. The van der Waals surface area contributed by atoms with Crippen LogP contribution in [0.3, 0.4) is 0 Å². The van der Waals surface area contributed by atoms with E-state index in [-0.39, 0.29) is 11.8 Å². The van der Waals surface area contributed by atoms with Crippen LogP contribution in [0, 0.1) is 0 Å². The number of amides is 2. The number of carbonyl (C=O) groups is 2. The van der Waals surface area contributed by atoms with E-state index in [0.717, 1.165) is 21.3 Å². The Kier molecular flexibility index (Phi) is 5.86. The molecule has 2 amide bonds. The molecule has 4 rings (SSSR count). The Morgan fingerprint density at radius 1 is 1.07 bits per heavy atom. The summed E-state index contributed by atoms with van der Waals surface area (Å²) in [4.78, 5) is 28.0. The molecule has 1 heterocycles. The van der Waals surface area contributed by atoms with E-state index in [1.54, 1.807) is 24.1 Å². The maximum atomic E-state index is 13.3. The summed E-state index contributed by atoms with van der Waals surface area (Å²) in [7, 11) is 1.60. The summed E-state index contributed by atoms with van der Waals surface area (Å²) in [5.41, 5.74) is 3.19. The topological polar surface area (TPSA) is 58.6 Å². The number of nitrogens with one attached hydrogen (secondary N) is 1. The third-order valence-corrected chi connectivity index (χ3v) is 5.71. The summed E-state index contributed by atoms with van der Waals surface area (Å²) in [5.74, 6) is 0.323. The lowest BCUT2D eigenvalue weighted by molar-refractivity contribution is -0.122. The Morgan fingerprint density at radius 3 is 2.57 bits per heavy atom. The first-order valence-corrected chi connectivity index (χ1v) is 10.4. The first-order chi connectivity index (χ1) is 14.6. The number of fused-ring (bicyclic) bond motifs is 1. The van der Waals surface area contributed by atoms with Gasteiger partial charge in [-0.15, -0.1) is 0 Å². The van der Waals surface area contributed by atoms with Gasteiger partial charge in [0.1, 0.15) is 11.8 Å². The van der Waals surface area contributed by atoms with Crippen molar-refractivity contribution in [2.75, 3.05) is 12.0 Å². The van der Waals surface area contributed by atoms with Crippen molar-refractivity contribution in [1.29, 1.82) is 0 Å². The Labute approximate surface area is 183 Å². The highest BCUT2D eigenvalue weighted by Gasteiger charge is 2.38. The highest BCUT2D eigenvalue weighted by Crippen LogP contribution is 2.33. The smallest absolute Gasteiger partial charge is 0.259 e. The number of ether oxygens (including phenoxy) is 1. The average Bonchev–Trinajstić information content (AvgIpc) is 3.17. The van der Waals surface area contributed by atoms with Crippen LogP contribution >= 0.6 is 15.9 Å². The number of methoxy groups -OCH3 is 1. The van der Waals surface area contributed by atoms with Gasteiger partial charge in [-0.2, -0.15) is 0 Å². The molecule has 30 heavy (non-hydrogen) atoms. The minimum Gasteiger partial charge on any atom is -0.496 e. The molecule has 3 aromatic rings. The van der Waals surface area contributed by atoms with Crippen LogP contribution in [0.15, 0.2) is 77.3 Å². The fourth-order valence-electron chi connectivity index (χ4n) is 3.75. The van der Waals surface area contributed by atoms with E-state index in [0.29, 0.717) is 24.3 Å². The van der Waals surface area contributed by atoms with Gasteiger partial charge in [-0.3, -0.25) is 14.5 Å². The van der Waals surface area contributed by atoms with Crippen molar-refractivity contribution in [3.05, 3.63) is 94.0 Å². The van der Waals surface area contributed by atoms with Gasteiger partial charge in [0.15, 0.2) is 0 Å². The van der Waals surface area contributed by atoms with E-state index < -0.39 is 6.04 Å². The van der Waals surface area contributed by atoms with Crippen LogP contribution in [-0.4, -0.2) is 25.0 Å². The standard InChI is InChI=1S/C24H21BrN2O3/c1-30-22-12-11-19(25)13-18(22)15-26-23(28)21-14-17-9-5-6-10-20(17)27(21)24(29)16-7-3-2-4-8-16/h2-13,21H,14-15H2,1H3,(H,26,28). The van der Waals surface area contributed by atoms with Gasteiger partial charge in [0.25, 0.3) is 5.91 Å². The van der Waals surface area contributed by atoms with Gasteiger partial charge in [-0.25, -0.2) is 0 Å². The second-order valence-electron chi connectivity index (χ2n) is 7.06. The van der Waals surface area contributed by atoms with Gasteiger partial charge in [0.2, 0.25) is 5.91 Å². The van der Waals surface area contributed by atoms with Gasteiger partial charge in [-0.1, -0.05) is 52.3 Å². The summed E-state index contributed by atoms with van der Waals surface area (Å²) in [6, 6.07) is 21.8. The highest BCUT2D eigenvalue weighted by atomic mass is 79.9. The number of benzene rings is 3. The molecule has 0 radical (unpaired) electrons. The molecule has 1 aliphatic rings. The van der Waals surface area contributed by atoms with Crippen LogP contribution in [0.2, 0.25) is 0 Å². The molecule has 0 bridgehead atoms. The molecule has 5 nitrogen and oxygen atoms in total. The van der Waals surface area contributed by atoms with Crippen molar-refractivity contribution < 1.29 is 14.3 Å². The molecule has 0 aromatic heterocycles. The zero-order chi connectivity index (χ0) is 21.1. The van der Waals surface area contributed by atoms with Gasteiger partial charge < -0.3 is 10.1 Å². The van der Waals surface area contributed by atoms with E-state index in [1.165, 1.54) is 0 Å². The molecule has 0 saturated heterocycles. The summed E-state index contributed by atoms with van der Waals surface area (Å²) in [5, 5.41) is 2.98. The molecule has 152 valence electrons. The minimum absolute atomic E-state index is 0.180. The number of halogens is 1. The van der Waals surface area contributed by atoms with Gasteiger partial charge in [0.05, 0.1) is 7.11 Å². The predicted molar refractivity (Wildman–Crippen MR) is 120 cm³/mol. The van der Waals surface area contributed by atoms with Crippen molar-refractivity contribution in [2.45, 2.75) is 19.0 Å². The second-order valence-corrected chi connectivity index (χ2v) is 7.98. The fraction of sp³-hybridized carbons (Fsp3) is 0.167. The normalized spacial score (nSPS) is 14.9. The van der Waals surface area contributed by atoms with Crippen LogP contribution in [0.25, 0.3) is 0 Å². The van der Waals surface area contributed by atoms with Crippen molar-refractivity contribution in [2.24, 2.45) is 0 Å². The maximum absolute atomic E-state index is 13.3. The Bertz CT molecular complexity index is 1080. The first-order valence-electron chi connectivity index (χ1n) is 9.65. The molecule has 3 aromatic carbocycles. The molecule has 0 fully saturated rings. The summed E-state index contributed by atoms with van der Waals surface area (Å²) < 4.78 is 6.29. The average molecular weight is 465 g/mol. The van der Waals surface area contributed by atoms with Crippen LogP contribution in [0.1, 0.15) is 21.5 Å². The number of anilines is 1. The zero-order valence-electron chi connectivity index (χ0n) is 16.5.